The first-order valence-corrected chi connectivity index (χ1v) is 6.16. The van der Waals surface area contributed by atoms with Crippen LogP contribution in [0.25, 0.3) is 0 Å². The van der Waals surface area contributed by atoms with Crippen LogP contribution in [0.15, 0.2) is 30.6 Å². The fourth-order valence-electron chi connectivity index (χ4n) is 1.44. The summed E-state index contributed by atoms with van der Waals surface area (Å²) in [6.07, 6.45) is 3.63. The van der Waals surface area contributed by atoms with E-state index in [4.69, 9.17) is 34.8 Å². The minimum atomic E-state index is 0.517. The molecule has 0 aliphatic heterocycles. The SMILES string of the molecule is Clc1cc(Cl)c(NCCn2cccn2)c(Cl)c1. The Hall–Kier alpha value is -0.900. The van der Waals surface area contributed by atoms with E-state index in [1.807, 2.05) is 16.9 Å². The minimum Gasteiger partial charge on any atom is -0.381 e. The Balaban J connectivity index is 1.99. The van der Waals surface area contributed by atoms with Gasteiger partial charge in [-0.25, -0.2) is 0 Å². The van der Waals surface area contributed by atoms with Crippen LogP contribution in [0.1, 0.15) is 0 Å². The van der Waals surface area contributed by atoms with Crippen molar-refractivity contribution in [2.75, 3.05) is 11.9 Å². The molecule has 90 valence electrons. The zero-order valence-corrected chi connectivity index (χ0v) is 11.1. The molecule has 0 unspecified atom stereocenters. The molecule has 0 atom stereocenters. The molecule has 0 aliphatic carbocycles. The Labute approximate surface area is 114 Å². The molecular weight excluding hydrogens is 281 g/mol. The molecule has 2 rings (SSSR count). The van der Waals surface area contributed by atoms with Gasteiger partial charge < -0.3 is 5.32 Å². The molecular formula is C11H10Cl3N3. The van der Waals surface area contributed by atoms with Gasteiger partial charge in [0.05, 0.1) is 22.3 Å². The maximum Gasteiger partial charge on any atom is 0.0720 e. The summed E-state index contributed by atoms with van der Waals surface area (Å²) in [5.41, 5.74) is 0.699. The first-order chi connectivity index (χ1) is 8.16. The lowest BCUT2D eigenvalue weighted by molar-refractivity contribution is 0.638. The van der Waals surface area contributed by atoms with Crippen molar-refractivity contribution < 1.29 is 0 Å². The standard InChI is InChI=1S/C11H10Cl3N3/c12-8-6-9(13)11(10(14)7-8)15-3-5-17-4-1-2-16-17/h1-2,4,6-7,15H,3,5H2. The van der Waals surface area contributed by atoms with E-state index in [9.17, 15) is 0 Å². The van der Waals surface area contributed by atoms with E-state index >= 15 is 0 Å². The number of nitrogens with one attached hydrogen (secondary N) is 1. The lowest BCUT2D eigenvalue weighted by Crippen LogP contribution is -2.11. The van der Waals surface area contributed by atoms with E-state index in [1.165, 1.54) is 0 Å². The average molecular weight is 291 g/mol. The maximum atomic E-state index is 6.04. The van der Waals surface area contributed by atoms with Crippen LogP contribution in [-0.2, 0) is 6.54 Å². The first kappa shape index (κ1) is 12.6. The van der Waals surface area contributed by atoms with Crippen molar-refractivity contribution in [1.29, 1.82) is 0 Å². The molecule has 0 saturated heterocycles. The summed E-state index contributed by atoms with van der Waals surface area (Å²) >= 11 is 17.9. The van der Waals surface area contributed by atoms with Gasteiger partial charge in [-0.05, 0) is 18.2 Å². The van der Waals surface area contributed by atoms with E-state index in [0.29, 0.717) is 27.3 Å². The molecule has 0 fully saturated rings. The highest BCUT2D eigenvalue weighted by atomic mass is 35.5. The molecule has 0 spiro atoms. The molecule has 0 amide bonds. The van der Waals surface area contributed by atoms with E-state index < -0.39 is 0 Å². The molecule has 0 saturated carbocycles. The van der Waals surface area contributed by atoms with Gasteiger partial charge in [-0.2, -0.15) is 5.10 Å². The number of rotatable bonds is 4. The Morgan fingerprint density at radius 1 is 1.18 bits per heavy atom. The van der Waals surface area contributed by atoms with Crippen LogP contribution in [0, 0.1) is 0 Å². The summed E-state index contributed by atoms with van der Waals surface area (Å²) in [6.45, 7) is 1.42. The van der Waals surface area contributed by atoms with Crippen LogP contribution < -0.4 is 5.32 Å². The van der Waals surface area contributed by atoms with E-state index in [-0.39, 0.29) is 0 Å². The number of halogens is 3. The van der Waals surface area contributed by atoms with Crippen molar-refractivity contribution in [3.8, 4) is 0 Å². The fourth-order valence-corrected chi connectivity index (χ4v) is 2.39. The van der Waals surface area contributed by atoms with E-state index in [2.05, 4.69) is 10.4 Å². The molecule has 1 aromatic carbocycles. The van der Waals surface area contributed by atoms with Crippen molar-refractivity contribution in [3.05, 3.63) is 45.7 Å². The van der Waals surface area contributed by atoms with Crippen molar-refractivity contribution in [2.24, 2.45) is 0 Å². The van der Waals surface area contributed by atoms with Gasteiger partial charge in [0.25, 0.3) is 0 Å². The molecule has 1 N–H and O–H groups in total. The third kappa shape index (κ3) is 3.28. The normalized spacial score (nSPS) is 10.5. The van der Waals surface area contributed by atoms with Gasteiger partial charge in [0, 0.05) is 24.0 Å². The number of aromatic nitrogens is 2. The summed E-state index contributed by atoms with van der Waals surface area (Å²) in [5.74, 6) is 0. The van der Waals surface area contributed by atoms with Crippen molar-refractivity contribution in [1.82, 2.24) is 9.78 Å². The average Bonchev–Trinajstić information content (AvgIpc) is 2.74. The third-order valence-corrected chi connectivity index (χ3v) is 3.02. The molecule has 3 nitrogen and oxygen atoms in total. The Bertz CT molecular complexity index is 474. The van der Waals surface area contributed by atoms with Gasteiger partial charge in [-0.1, -0.05) is 34.8 Å². The van der Waals surface area contributed by atoms with Crippen molar-refractivity contribution >= 4 is 40.5 Å². The first-order valence-electron chi connectivity index (χ1n) is 5.02. The third-order valence-electron chi connectivity index (χ3n) is 2.21. The van der Waals surface area contributed by atoms with Crippen LogP contribution in [0.2, 0.25) is 15.1 Å². The lowest BCUT2D eigenvalue weighted by Gasteiger charge is -2.10. The maximum absolute atomic E-state index is 6.04. The monoisotopic (exact) mass is 289 g/mol. The molecule has 0 aliphatic rings. The topological polar surface area (TPSA) is 29.9 Å². The largest absolute Gasteiger partial charge is 0.381 e. The minimum absolute atomic E-state index is 0.517. The van der Waals surface area contributed by atoms with Crippen LogP contribution in [0.3, 0.4) is 0 Å². The Morgan fingerprint density at radius 3 is 2.47 bits per heavy atom. The van der Waals surface area contributed by atoms with Crippen LogP contribution in [-0.4, -0.2) is 16.3 Å². The summed E-state index contributed by atoms with van der Waals surface area (Å²) in [5, 5.41) is 8.82. The summed E-state index contributed by atoms with van der Waals surface area (Å²) in [6, 6.07) is 5.19. The predicted molar refractivity (Wildman–Crippen MR) is 72.2 cm³/mol. The molecule has 0 radical (unpaired) electrons. The number of benzene rings is 1. The number of hydrogen-bond acceptors (Lipinski definition) is 2. The van der Waals surface area contributed by atoms with Gasteiger partial charge in [-0.3, -0.25) is 4.68 Å². The van der Waals surface area contributed by atoms with Crippen molar-refractivity contribution in [3.63, 3.8) is 0 Å². The molecule has 1 aromatic heterocycles. The van der Waals surface area contributed by atoms with E-state index in [1.54, 1.807) is 18.3 Å². The molecule has 6 heteroatoms. The zero-order valence-electron chi connectivity index (χ0n) is 8.83. The second-order valence-electron chi connectivity index (χ2n) is 3.44. The second kappa shape index (κ2) is 5.63. The van der Waals surface area contributed by atoms with Gasteiger partial charge in [0.15, 0.2) is 0 Å². The van der Waals surface area contributed by atoms with Gasteiger partial charge in [0.2, 0.25) is 0 Å². The zero-order chi connectivity index (χ0) is 12.3. The highest BCUT2D eigenvalue weighted by molar-refractivity contribution is 6.41. The Morgan fingerprint density at radius 2 is 1.88 bits per heavy atom. The highest BCUT2D eigenvalue weighted by Crippen LogP contribution is 2.33. The Kier molecular flexibility index (Phi) is 4.15. The van der Waals surface area contributed by atoms with Gasteiger partial charge >= 0.3 is 0 Å². The van der Waals surface area contributed by atoms with E-state index in [0.717, 1.165) is 6.54 Å². The fraction of sp³-hybridized carbons (Fsp3) is 0.182. The summed E-state index contributed by atoms with van der Waals surface area (Å²) in [4.78, 5) is 0. The van der Waals surface area contributed by atoms with Gasteiger partial charge in [-0.15, -0.1) is 0 Å². The second-order valence-corrected chi connectivity index (χ2v) is 4.69. The summed E-state index contributed by atoms with van der Waals surface area (Å²) in [7, 11) is 0. The predicted octanol–water partition coefficient (Wildman–Crippen LogP) is 3.96. The van der Waals surface area contributed by atoms with Gasteiger partial charge in [0.1, 0.15) is 0 Å². The molecule has 17 heavy (non-hydrogen) atoms. The smallest absolute Gasteiger partial charge is 0.0720 e. The molecule has 2 aromatic rings. The molecule has 1 heterocycles. The lowest BCUT2D eigenvalue weighted by atomic mass is 10.3. The quantitative estimate of drug-likeness (QED) is 0.924. The van der Waals surface area contributed by atoms with Crippen molar-refractivity contribution in [2.45, 2.75) is 6.54 Å². The number of anilines is 1. The number of nitrogens with zero attached hydrogens (tertiary/aromatic N) is 2. The van der Waals surface area contributed by atoms with Crippen LogP contribution >= 0.6 is 34.8 Å². The van der Waals surface area contributed by atoms with Crippen LogP contribution in [0.5, 0.6) is 0 Å². The number of hydrogen-bond donors (Lipinski definition) is 1. The summed E-state index contributed by atoms with van der Waals surface area (Å²) < 4.78 is 1.82. The molecule has 0 bridgehead atoms. The highest BCUT2D eigenvalue weighted by Gasteiger charge is 2.06. The van der Waals surface area contributed by atoms with Crippen LogP contribution in [0.4, 0.5) is 5.69 Å².